The molecular weight excluding hydrogens is 460 g/mol. The zero-order chi connectivity index (χ0) is 25.7. The molecule has 0 spiro atoms. The second-order valence-electron chi connectivity index (χ2n) is 8.80. The van der Waals surface area contributed by atoms with Crippen molar-refractivity contribution in [1.82, 2.24) is 5.32 Å². The van der Waals surface area contributed by atoms with Crippen LogP contribution in [0.5, 0.6) is 11.5 Å². The Bertz CT molecular complexity index is 1250. The molecule has 1 aliphatic rings. The molecule has 0 aromatic heterocycles. The molecule has 4 rings (SSSR count). The number of nitrogens with one attached hydrogen (secondary N) is 1. The Labute approximate surface area is 209 Å². The van der Waals surface area contributed by atoms with Gasteiger partial charge in [0, 0.05) is 40.8 Å². The molecule has 8 heteroatoms. The maximum absolute atomic E-state index is 13.1. The summed E-state index contributed by atoms with van der Waals surface area (Å²) in [5, 5.41) is 14.0. The fourth-order valence-corrected chi connectivity index (χ4v) is 4.71. The maximum atomic E-state index is 13.1. The average Bonchev–Trinajstić information content (AvgIpc) is 2.92. The Balaban J connectivity index is 1.46. The predicted octanol–water partition coefficient (Wildman–Crippen LogP) is 5.30. The second-order valence-corrected chi connectivity index (χ2v) is 8.80. The molecule has 0 heterocycles. The number of nitrogens with zero attached hydrogens (tertiary/aromatic N) is 1. The van der Waals surface area contributed by atoms with Crippen LogP contribution in [0.1, 0.15) is 63.4 Å². The highest BCUT2D eigenvalue weighted by molar-refractivity contribution is 6.09. The molecule has 8 nitrogen and oxygen atoms in total. The van der Waals surface area contributed by atoms with E-state index in [2.05, 4.69) is 5.32 Å². The summed E-state index contributed by atoms with van der Waals surface area (Å²) >= 11 is 0. The quantitative estimate of drug-likeness (QED) is 0.262. The summed E-state index contributed by atoms with van der Waals surface area (Å²) in [5.41, 5.74) is 2.24. The van der Waals surface area contributed by atoms with E-state index in [-0.39, 0.29) is 29.3 Å². The Hall–Kier alpha value is -4.20. The lowest BCUT2D eigenvalue weighted by molar-refractivity contribution is -0.384. The van der Waals surface area contributed by atoms with Crippen molar-refractivity contribution in [2.24, 2.45) is 0 Å². The third kappa shape index (κ3) is 5.38. The predicted molar refractivity (Wildman–Crippen MR) is 135 cm³/mol. The van der Waals surface area contributed by atoms with E-state index in [0.717, 1.165) is 31.2 Å². The van der Waals surface area contributed by atoms with E-state index in [0.29, 0.717) is 28.2 Å². The van der Waals surface area contributed by atoms with E-state index in [1.165, 1.54) is 24.3 Å². The molecule has 3 aromatic carbocycles. The van der Waals surface area contributed by atoms with Gasteiger partial charge < -0.3 is 14.8 Å². The zero-order valence-corrected chi connectivity index (χ0v) is 20.2. The normalized spacial score (nSPS) is 17.2. The van der Waals surface area contributed by atoms with E-state index in [4.69, 9.17) is 9.47 Å². The third-order valence-electron chi connectivity index (χ3n) is 6.67. The minimum atomic E-state index is -0.510. The molecule has 1 fully saturated rings. The standard InChI is InChI=1S/C28H28N2O6/c1-35-25-16-13-21(17-26(25)36-2)23-5-3-4-6-24(23)29-28(32)20-9-7-18(8-10-20)27(31)19-11-14-22(15-12-19)30(33)34/h7-17,23-24H,3-6H2,1-2H3,(H,29,32)/t23-,24-/m1/s1. The van der Waals surface area contributed by atoms with Crippen LogP contribution < -0.4 is 14.8 Å². The lowest BCUT2D eigenvalue weighted by atomic mass is 9.79. The van der Waals surface area contributed by atoms with Gasteiger partial charge in [0.2, 0.25) is 0 Å². The molecule has 0 unspecified atom stereocenters. The first-order valence-electron chi connectivity index (χ1n) is 11.8. The van der Waals surface area contributed by atoms with Crippen LogP contribution in [-0.2, 0) is 0 Å². The molecule has 0 bridgehead atoms. The van der Waals surface area contributed by atoms with Gasteiger partial charge in [0.1, 0.15) is 0 Å². The Kier molecular flexibility index (Phi) is 7.63. The minimum Gasteiger partial charge on any atom is -0.493 e. The van der Waals surface area contributed by atoms with E-state index in [9.17, 15) is 19.7 Å². The highest BCUT2D eigenvalue weighted by Crippen LogP contribution is 2.37. The summed E-state index contributed by atoms with van der Waals surface area (Å²) in [6, 6.07) is 17.8. The molecule has 1 saturated carbocycles. The largest absolute Gasteiger partial charge is 0.493 e. The van der Waals surface area contributed by atoms with E-state index in [1.807, 2.05) is 18.2 Å². The molecular formula is C28H28N2O6. The highest BCUT2D eigenvalue weighted by atomic mass is 16.6. The van der Waals surface area contributed by atoms with Crippen LogP contribution in [0.2, 0.25) is 0 Å². The third-order valence-corrected chi connectivity index (χ3v) is 6.67. The smallest absolute Gasteiger partial charge is 0.269 e. The number of carbonyl (C=O) groups excluding carboxylic acids is 2. The molecule has 3 aromatic rings. The van der Waals surface area contributed by atoms with Crippen molar-refractivity contribution in [3.8, 4) is 11.5 Å². The molecule has 1 aliphatic carbocycles. The van der Waals surface area contributed by atoms with Crippen LogP contribution in [0.25, 0.3) is 0 Å². The minimum absolute atomic E-state index is 0.0224. The number of nitro benzene ring substituents is 1. The van der Waals surface area contributed by atoms with Gasteiger partial charge in [0.15, 0.2) is 17.3 Å². The first-order valence-corrected chi connectivity index (χ1v) is 11.8. The van der Waals surface area contributed by atoms with Gasteiger partial charge in [-0.2, -0.15) is 0 Å². The van der Waals surface area contributed by atoms with Crippen molar-refractivity contribution < 1.29 is 24.0 Å². The number of ketones is 1. The first-order chi connectivity index (χ1) is 17.4. The first kappa shape index (κ1) is 24.9. The van der Waals surface area contributed by atoms with Crippen molar-refractivity contribution in [3.05, 3.63) is 99.1 Å². The summed E-state index contributed by atoms with van der Waals surface area (Å²) in [4.78, 5) is 36.1. The SMILES string of the molecule is COc1ccc([C@H]2CCCC[C@H]2NC(=O)c2ccc(C(=O)c3ccc([N+](=O)[O-])cc3)cc2)cc1OC. The van der Waals surface area contributed by atoms with Crippen molar-refractivity contribution in [1.29, 1.82) is 0 Å². The molecule has 0 aliphatic heterocycles. The van der Waals surface area contributed by atoms with Crippen molar-refractivity contribution >= 4 is 17.4 Å². The average molecular weight is 489 g/mol. The van der Waals surface area contributed by atoms with Crippen LogP contribution in [0, 0.1) is 10.1 Å². The van der Waals surface area contributed by atoms with Gasteiger partial charge in [0.05, 0.1) is 19.1 Å². The Morgan fingerprint density at radius 3 is 2.03 bits per heavy atom. The fourth-order valence-electron chi connectivity index (χ4n) is 4.71. The lowest BCUT2D eigenvalue weighted by Crippen LogP contribution is -2.41. The Morgan fingerprint density at radius 2 is 1.42 bits per heavy atom. The number of ether oxygens (including phenoxy) is 2. The molecule has 0 radical (unpaired) electrons. The monoisotopic (exact) mass is 488 g/mol. The summed E-state index contributed by atoms with van der Waals surface area (Å²) in [7, 11) is 3.21. The number of non-ortho nitro benzene ring substituents is 1. The zero-order valence-electron chi connectivity index (χ0n) is 20.2. The van der Waals surface area contributed by atoms with Gasteiger partial charge in [-0.25, -0.2) is 0 Å². The number of benzene rings is 3. The summed E-state index contributed by atoms with van der Waals surface area (Å²) in [5.74, 6) is 1.03. The van der Waals surface area contributed by atoms with Gasteiger partial charge in [-0.1, -0.05) is 31.0 Å². The fraction of sp³-hybridized carbons (Fsp3) is 0.286. The molecule has 2 atom stereocenters. The van der Waals surface area contributed by atoms with Gasteiger partial charge in [-0.3, -0.25) is 19.7 Å². The number of amides is 1. The van der Waals surface area contributed by atoms with E-state index in [1.54, 1.807) is 38.5 Å². The number of methoxy groups -OCH3 is 2. The number of rotatable bonds is 8. The topological polar surface area (TPSA) is 108 Å². The van der Waals surface area contributed by atoms with E-state index < -0.39 is 4.92 Å². The summed E-state index contributed by atoms with van der Waals surface area (Å²) < 4.78 is 10.8. The van der Waals surface area contributed by atoms with Crippen molar-refractivity contribution in [3.63, 3.8) is 0 Å². The van der Waals surface area contributed by atoms with Gasteiger partial charge in [0.25, 0.3) is 11.6 Å². The van der Waals surface area contributed by atoms with Crippen LogP contribution in [0.4, 0.5) is 5.69 Å². The Morgan fingerprint density at radius 1 is 0.833 bits per heavy atom. The second kappa shape index (κ2) is 11.0. The van der Waals surface area contributed by atoms with Gasteiger partial charge in [-0.15, -0.1) is 0 Å². The molecule has 186 valence electrons. The van der Waals surface area contributed by atoms with Crippen LogP contribution in [-0.4, -0.2) is 36.9 Å². The van der Waals surface area contributed by atoms with Crippen LogP contribution in [0.15, 0.2) is 66.7 Å². The molecule has 1 amide bonds. The van der Waals surface area contributed by atoms with Crippen molar-refractivity contribution in [2.45, 2.75) is 37.6 Å². The van der Waals surface area contributed by atoms with Crippen molar-refractivity contribution in [2.75, 3.05) is 14.2 Å². The van der Waals surface area contributed by atoms with E-state index >= 15 is 0 Å². The highest BCUT2D eigenvalue weighted by Gasteiger charge is 2.29. The summed E-state index contributed by atoms with van der Waals surface area (Å²) in [6.07, 6.45) is 3.97. The van der Waals surface area contributed by atoms with Crippen LogP contribution >= 0.6 is 0 Å². The summed E-state index contributed by atoms with van der Waals surface area (Å²) in [6.45, 7) is 0. The molecule has 36 heavy (non-hydrogen) atoms. The number of hydrogen-bond donors (Lipinski definition) is 1. The van der Waals surface area contributed by atoms with Gasteiger partial charge >= 0.3 is 0 Å². The number of carbonyl (C=O) groups is 2. The molecule has 1 N–H and O–H groups in total. The van der Waals surface area contributed by atoms with Crippen LogP contribution in [0.3, 0.4) is 0 Å². The molecule has 0 saturated heterocycles. The lowest BCUT2D eigenvalue weighted by Gasteiger charge is -2.33. The maximum Gasteiger partial charge on any atom is 0.269 e. The number of nitro groups is 1. The van der Waals surface area contributed by atoms with Gasteiger partial charge in [-0.05, 0) is 54.8 Å². The number of hydrogen-bond acceptors (Lipinski definition) is 6.